The van der Waals surface area contributed by atoms with Crippen molar-refractivity contribution in [3.8, 4) is 0 Å². The third-order valence-corrected chi connectivity index (χ3v) is 4.51. The number of aliphatic hydroxyl groups excluding tert-OH is 1. The van der Waals surface area contributed by atoms with Crippen molar-refractivity contribution in [2.45, 2.75) is 39.3 Å². The number of aliphatic hydroxyl groups is 1. The highest BCUT2D eigenvalue weighted by Crippen LogP contribution is 2.24. The fourth-order valence-electron chi connectivity index (χ4n) is 2.58. The van der Waals surface area contributed by atoms with E-state index in [1.54, 1.807) is 11.3 Å². The Bertz CT molecular complexity index is 548. The fourth-order valence-corrected chi connectivity index (χ4v) is 3.29. The number of hydrogen-bond donors (Lipinski definition) is 2. The van der Waals surface area contributed by atoms with Crippen LogP contribution in [-0.2, 0) is 7.05 Å². The Hall–Kier alpha value is -1.17. The van der Waals surface area contributed by atoms with E-state index in [0.29, 0.717) is 6.54 Å². The van der Waals surface area contributed by atoms with Crippen LogP contribution in [0.25, 0.3) is 0 Å². The van der Waals surface area contributed by atoms with Crippen molar-refractivity contribution < 1.29 is 5.11 Å². The molecule has 110 valence electrons. The molecular weight excluding hydrogens is 270 g/mol. The SMILES string of the molecule is CCC(NCC(O)c1ccsc1)c1c(C)nn(C)c1C. The average molecular weight is 293 g/mol. The maximum absolute atomic E-state index is 10.2. The van der Waals surface area contributed by atoms with Crippen LogP contribution >= 0.6 is 11.3 Å². The number of aryl methyl sites for hydroxylation is 2. The summed E-state index contributed by atoms with van der Waals surface area (Å²) in [5.74, 6) is 0. The number of hydrogen-bond acceptors (Lipinski definition) is 4. The van der Waals surface area contributed by atoms with Gasteiger partial charge in [0.15, 0.2) is 0 Å². The highest BCUT2D eigenvalue weighted by atomic mass is 32.1. The molecule has 20 heavy (non-hydrogen) atoms. The van der Waals surface area contributed by atoms with Crippen LogP contribution in [0.15, 0.2) is 16.8 Å². The lowest BCUT2D eigenvalue weighted by molar-refractivity contribution is 0.169. The summed E-state index contributed by atoms with van der Waals surface area (Å²) in [6.45, 7) is 6.85. The fraction of sp³-hybridized carbons (Fsp3) is 0.533. The molecule has 2 aromatic rings. The molecule has 2 heterocycles. The van der Waals surface area contributed by atoms with Crippen molar-refractivity contribution in [1.82, 2.24) is 15.1 Å². The van der Waals surface area contributed by atoms with Gasteiger partial charge in [-0.15, -0.1) is 0 Å². The van der Waals surface area contributed by atoms with Crippen LogP contribution in [0.3, 0.4) is 0 Å². The second kappa shape index (κ2) is 6.52. The van der Waals surface area contributed by atoms with Gasteiger partial charge in [0.1, 0.15) is 0 Å². The number of thiophene rings is 1. The molecule has 0 bridgehead atoms. The molecule has 2 rings (SSSR count). The molecule has 0 aromatic carbocycles. The van der Waals surface area contributed by atoms with E-state index in [1.165, 1.54) is 11.3 Å². The average Bonchev–Trinajstić information content (AvgIpc) is 3.03. The number of nitrogens with one attached hydrogen (secondary N) is 1. The zero-order valence-corrected chi connectivity index (χ0v) is 13.4. The molecule has 4 nitrogen and oxygen atoms in total. The number of rotatable bonds is 6. The predicted octanol–water partition coefficient (Wildman–Crippen LogP) is 2.87. The zero-order valence-electron chi connectivity index (χ0n) is 12.6. The Morgan fingerprint density at radius 2 is 2.20 bits per heavy atom. The molecule has 2 unspecified atom stereocenters. The van der Waals surface area contributed by atoms with Crippen LogP contribution in [0, 0.1) is 13.8 Å². The van der Waals surface area contributed by atoms with Gasteiger partial charge in [-0.2, -0.15) is 16.4 Å². The predicted molar refractivity (Wildman–Crippen MR) is 83.0 cm³/mol. The Morgan fingerprint density at radius 3 is 2.70 bits per heavy atom. The van der Waals surface area contributed by atoms with Gasteiger partial charge in [0.2, 0.25) is 0 Å². The molecule has 0 amide bonds. The first-order chi connectivity index (χ1) is 9.54. The monoisotopic (exact) mass is 293 g/mol. The second-order valence-electron chi connectivity index (χ2n) is 5.15. The first-order valence-electron chi connectivity index (χ1n) is 6.98. The maximum Gasteiger partial charge on any atom is 0.0922 e. The summed E-state index contributed by atoms with van der Waals surface area (Å²) in [5.41, 5.74) is 4.49. The maximum atomic E-state index is 10.2. The van der Waals surface area contributed by atoms with Gasteiger partial charge in [-0.25, -0.2) is 0 Å². The molecule has 0 saturated heterocycles. The van der Waals surface area contributed by atoms with Crippen LogP contribution in [0.4, 0.5) is 0 Å². The largest absolute Gasteiger partial charge is 0.387 e. The van der Waals surface area contributed by atoms with Gasteiger partial charge in [-0.1, -0.05) is 6.92 Å². The standard InChI is InChI=1S/C15H23N3OS/c1-5-13(15-10(2)17-18(4)11(15)3)16-8-14(19)12-6-7-20-9-12/h6-7,9,13-14,16,19H,5,8H2,1-4H3. The molecule has 2 N–H and O–H groups in total. The minimum atomic E-state index is -0.451. The van der Waals surface area contributed by atoms with E-state index in [4.69, 9.17) is 0 Å². The first-order valence-corrected chi connectivity index (χ1v) is 7.92. The third-order valence-electron chi connectivity index (χ3n) is 3.81. The van der Waals surface area contributed by atoms with Crippen molar-refractivity contribution in [2.24, 2.45) is 7.05 Å². The van der Waals surface area contributed by atoms with Crippen molar-refractivity contribution in [1.29, 1.82) is 0 Å². The molecule has 2 atom stereocenters. The highest BCUT2D eigenvalue weighted by molar-refractivity contribution is 7.07. The van der Waals surface area contributed by atoms with Gasteiger partial charge in [0, 0.05) is 30.9 Å². The normalized spacial score (nSPS) is 14.4. The molecular formula is C15H23N3OS. The van der Waals surface area contributed by atoms with Gasteiger partial charge in [-0.3, -0.25) is 4.68 Å². The highest BCUT2D eigenvalue weighted by Gasteiger charge is 2.19. The van der Waals surface area contributed by atoms with E-state index in [1.807, 2.05) is 35.5 Å². The van der Waals surface area contributed by atoms with Crippen LogP contribution in [0.1, 0.15) is 48.0 Å². The summed E-state index contributed by atoms with van der Waals surface area (Å²) < 4.78 is 1.92. The van der Waals surface area contributed by atoms with Crippen LogP contribution in [0.5, 0.6) is 0 Å². The van der Waals surface area contributed by atoms with E-state index in [0.717, 1.165) is 17.7 Å². The van der Waals surface area contributed by atoms with Crippen LogP contribution in [-0.4, -0.2) is 21.4 Å². The van der Waals surface area contributed by atoms with Crippen molar-refractivity contribution in [3.63, 3.8) is 0 Å². The van der Waals surface area contributed by atoms with E-state index in [-0.39, 0.29) is 6.04 Å². The smallest absolute Gasteiger partial charge is 0.0922 e. The van der Waals surface area contributed by atoms with E-state index in [9.17, 15) is 5.11 Å². The lowest BCUT2D eigenvalue weighted by atomic mass is 10.0. The summed E-state index contributed by atoms with van der Waals surface area (Å²) in [4.78, 5) is 0. The van der Waals surface area contributed by atoms with Crippen molar-refractivity contribution in [3.05, 3.63) is 39.3 Å². The van der Waals surface area contributed by atoms with Gasteiger partial charge < -0.3 is 10.4 Å². The molecule has 0 aliphatic heterocycles. The lowest BCUT2D eigenvalue weighted by Crippen LogP contribution is -2.26. The minimum absolute atomic E-state index is 0.233. The second-order valence-corrected chi connectivity index (χ2v) is 5.93. The molecule has 0 saturated carbocycles. The van der Waals surface area contributed by atoms with Crippen molar-refractivity contribution >= 4 is 11.3 Å². The lowest BCUT2D eigenvalue weighted by Gasteiger charge is -2.20. The number of nitrogens with zero attached hydrogens (tertiary/aromatic N) is 2. The summed E-state index contributed by atoms with van der Waals surface area (Å²) in [5, 5.41) is 22.1. The van der Waals surface area contributed by atoms with E-state index >= 15 is 0 Å². The topological polar surface area (TPSA) is 50.1 Å². The summed E-state index contributed by atoms with van der Waals surface area (Å²) >= 11 is 1.61. The molecule has 0 aliphatic carbocycles. The zero-order chi connectivity index (χ0) is 14.7. The van der Waals surface area contributed by atoms with Crippen LogP contribution < -0.4 is 5.32 Å². The minimum Gasteiger partial charge on any atom is -0.387 e. The Morgan fingerprint density at radius 1 is 1.45 bits per heavy atom. The van der Waals surface area contributed by atoms with E-state index < -0.39 is 6.10 Å². The quantitative estimate of drug-likeness (QED) is 0.861. The molecule has 0 spiro atoms. The summed E-state index contributed by atoms with van der Waals surface area (Å²) in [7, 11) is 1.97. The summed E-state index contributed by atoms with van der Waals surface area (Å²) in [6, 6.07) is 2.20. The molecule has 0 fully saturated rings. The molecule has 5 heteroatoms. The third kappa shape index (κ3) is 3.11. The van der Waals surface area contributed by atoms with Crippen molar-refractivity contribution in [2.75, 3.05) is 6.54 Å². The van der Waals surface area contributed by atoms with Gasteiger partial charge in [0.25, 0.3) is 0 Å². The van der Waals surface area contributed by atoms with Gasteiger partial charge >= 0.3 is 0 Å². The van der Waals surface area contributed by atoms with Gasteiger partial charge in [-0.05, 0) is 42.7 Å². The molecule has 0 radical (unpaired) electrons. The molecule has 0 aliphatic rings. The first kappa shape index (κ1) is 15.2. The van der Waals surface area contributed by atoms with Crippen LogP contribution in [0.2, 0.25) is 0 Å². The Labute approximate surface area is 124 Å². The number of aromatic nitrogens is 2. The Balaban J connectivity index is 2.06. The van der Waals surface area contributed by atoms with E-state index in [2.05, 4.69) is 24.3 Å². The van der Waals surface area contributed by atoms with Gasteiger partial charge in [0.05, 0.1) is 11.8 Å². The Kier molecular flexibility index (Phi) is 4.96. The molecule has 2 aromatic heterocycles. The summed E-state index contributed by atoms with van der Waals surface area (Å²) in [6.07, 6.45) is 0.525.